The van der Waals surface area contributed by atoms with Crippen LogP contribution in [0.1, 0.15) is 10.4 Å². The third kappa shape index (κ3) is 2.32. The Balaban J connectivity index is 2.18. The second-order valence-corrected chi connectivity index (χ2v) is 4.22. The Labute approximate surface area is 105 Å². The fraction of sp³-hybridized carbons (Fsp3) is 0. The van der Waals surface area contributed by atoms with Crippen molar-refractivity contribution in [3.8, 4) is 5.75 Å². The van der Waals surface area contributed by atoms with Crippen molar-refractivity contribution in [1.29, 1.82) is 0 Å². The van der Waals surface area contributed by atoms with E-state index in [2.05, 4.69) is 15.3 Å². The molecule has 2 rings (SSSR count). The maximum absolute atomic E-state index is 11.7. The number of aromatic hydroxyl groups is 1. The Bertz CT molecular complexity index is 511. The lowest BCUT2D eigenvalue weighted by Crippen LogP contribution is -2.12. The molecular formula is C10H8IN3O2. The van der Waals surface area contributed by atoms with E-state index in [1.807, 2.05) is 22.6 Å². The van der Waals surface area contributed by atoms with Crippen LogP contribution in [0, 0.1) is 3.57 Å². The van der Waals surface area contributed by atoms with E-state index in [0.717, 1.165) is 0 Å². The topological polar surface area (TPSA) is 78.0 Å². The van der Waals surface area contributed by atoms with E-state index in [-0.39, 0.29) is 11.7 Å². The number of amides is 1. The molecule has 1 heterocycles. The van der Waals surface area contributed by atoms with Crippen LogP contribution in [0.4, 0.5) is 5.95 Å². The molecule has 0 saturated carbocycles. The molecule has 2 aromatic rings. The summed E-state index contributed by atoms with van der Waals surface area (Å²) in [5, 5.41) is 12.0. The monoisotopic (exact) mass is 329 g/mol. The number of nitrogens with one attached hydrogen (secondary N) is 2. The van der Waals surface area contributed by atoms with E-state index in [1.165, 1.54) is 6.07 Å². The zero-order valence-corrected chi connectivity index (χ0v) is 10.2. The standard InChI is InChI=1S/C10H8IN3O2/c11-7-2-1-6(5-8(7)15)9(16)14-10-12-3-4-13-10/h1-5,15H,(H2,12,13,14,16). The Morgan fingerprint density at radius 2 is 2.31 bits per heavy atom. The van der Waals surface area contributed by atoms with Gasteiger partial charge in [-0.15, -0.1) is 0 Å². The molecule has 1 aromatic carbocycles. The molecule has 0 fully saturated rings. The van der Waals surface area contributed by atoms with Gasteiger partial charge in [0, 0.05) is 18.0 Å². The molecule has 1 aromatic heterocycles. The number of phenolic OH excluding ortho intramolecular Hbond substituents is 1. The Morgan fingerprint density at radius 3 is 2.94 bits per heavy atom. The van der Waals surface area contributed by atoms with Gasteiger partial charge in [0.15, 0.2) is 0 Å². The van der Waals surface area contributed by atoms with Crippen LogP contribution < -0.4 is 5.32 Å². The second-order valence-electron chi connectivity index (χ2n) is 3.06. The number of aromatic amines is 1. The number of nitrogens with zero attached hydrogens (tertiary/aromatic N) is 1. The zero-order chi connectivity index (χ0) is 11.5. The molecule has 82 valence electrons. The van der Waals surface area contributed by atoms with Gasteiger partial charge in [-0.1, -0.05) is 0 Å². The van der Waals surface area contributed by atoms with Crippen molar-refractivity contribution >= 4 is 34.4 Å². The molecule has 0 atom stereocenters. The number of phenols is 1. The lowest BCUT2D eigenvalue weighted by molar-refractivity contribution is 0.102. The first-order chi connectivity index (χ1) is 7.66. The highest BCUT2D eigenvalue weighted by Crippen LogP contribution is 2.20. The molecule has 1 amide bonds. The molecule has 6 heteroatoms. The first-order valence-electron chi connectivity index (χ1n) is 4.46. The van der Waals surface area contributed by atoms with Gasteiger partial charge in [-0.05, 0) is 40.8 Å². The molecular weight excluding hydrogens is 321 g/mol. The van der Waals surface area contributed by atoms with Gasteiger partial charge in [-0.2, -0.15) is 0 Å². The number of hydrogen-bond acceptors (Lipinski definition) is 3. The van der Waals surface area contributed by atoms with Gasteiger partial charge in [-0.25, -0.2) is 4.98 Å². The number of anilines is 1. The Morgan fingerprint density at radius 1 is 1.50 bits per heavy atom. The summed E-state index contributed by atoms with van der Waals surface area (Å²) in [5.74, 6) is 0.150. The lowest BCUT2D eigenvalue weighted by Gasteiger charge is -2.03. The van der Waals surface area contributed by atoms with Gasteiger partial charge in [0.05, 0.1) is 3.57 Å². The van der Waals surface area contributed by atoms with E-state index < -0.39 is 0 Å². The number of rotatable bonds is 2. The molecule has 5 nitrogen and oxygen atoms in total. The number of aromatic nitrogens is 2. The van der Waals surface area contributed by atoms with E-state index in [4.69, 9.17) is 0 Å². The van der Waals surface area contributed by atoms with Crippen LogP contribution in [0.5, 0.6) is 5.75 Å². The number of benzene rings is 1. The fourth-order valence-corrected chi connectivity index (χ4v) is 1.50. The number of hydrogen-bond donors (Lipinski definition) is 3. The predicted molar refractivity (Wildman–Crippen MR) is 67.4 cm³/mol. The molecule has 3 N–H and O–H groups in total. The number of carbonyl (C=O) groups excluding carboxylic acids is 1. The summed E-state index contributed by atoms with van der Waals surface area (Å²) in [4.78, 5) is 18.3. The highest BCUT2D eigenvalue weighted by molar-refractivity contribution is 14.1. The first-order valence-corrected chi connectivity index (χ1v) is 5.54. The first kappa shape index (κ1) is 10.9. The summed E-state index contributed by atoms with van der Waals surface area (Å²) in [5.41, 5.74) is 0.384. The van der Waals surface area contributed by atoms with Gasteiger partial charge in [0.25, 0.3) is 5.91 Å². The van der Waals surface area contributed by atoms with Gasteiger partial charge >= 0.3 is 0 Å². The summed E-state index contributed by atoms with van der Waals surface area (Å²) in [6, 6.07) is 4.73. The fourth-order valence-electron chi connectivity index (χ4n) is 1.17. The van der Waals surface area contributed by atoms with E-state index in [9.17, 15) is 9.90 Å². The minimum atomic E-state index is -0.318. The maximum Gasteiger partial charge on any atom is 0.258 e. The predicted octanol–water partition coefficient (Wildman–Crippen LogP) is 1.97. The van der Waals surface area contributed by atoms with Crippen LogP contribution in [0.3, 0.4) is 0 Å². The smallest absolute Gasteiger partial charge is 0.258 e. The Hall–Kier alpha value is -1.57. The van der Waals surface area contributed by atoms with Crippen molar-refractivity contribution in [2.45, 2.75) is 0 Å². The van der Waals surface area contributed by atoms with Crippen LogP contribution in [-0.4, -0.2) is 21.0 Å². The molecule has 16 heavy (non-hydrogen) atoms. The SMILES string of the molecule is O=C(Nc1ncc[nH]1)c1ccc(I)c(O)c1. The molecule has 0 radical (unpaired) electrons. The van der Waals surface area contributed by atoms with Gasteiger partial charge in [-0.3, -0.25) is 10.1 Å². The van der Waals surface area contributed by atoms with Crippen LogP contribution >= 0.6 is 22.6 Å². The second kappa shape index (κ2) is 4.52. The van der Waals surface area contributed by atoms with Crippen molar-refractivity contribution in [3.05, 3.63) is 39.7 Å². The summed E-state index contributed by atoms with van der Waals surface area (Å²) >= 11 is 1.99. The van der Waals surface area contributed by atoms with E-state index in [0.29, 0.717) is 15.1 Å². The lowest BCUT2D eigenvalue weighted by atomic mass is 10.2. The van der Waals surface area contributed by atoms with E-state index in [1.54, 1.807) is 24.5 Å². The van der Waals surface area contributed by atoms with Gasteiger partial charge < -0.3 is 10.1 Å². The highest BCUT2D eigenvalue weighted by atomic mass is 127. The zero-order valence-electron chi connectivity index (χ0n) is 8.07. The van der Waals surface area contributed by atoms with Crippen molar-refractivity contribution in [2.24, 2.45) is 0 Å². The number of halogens is 1. The third-order valence-corrected chi connectivity index (χ3v) is 2.85. The molecule has 0 aliphatic rings. The van der Waals surface area contributed by atoms with Crippen LogP contribution in [0.25, 0.3) is 0 Å². The van der Waals surface area contributed by atoms with Crippen LogP contribution in [0.15, 0.2) is 30.6 Å². The molecule has 0 spiro atoms. The van der Waals surface area contributed by atoms with Crippen molar-refractivity contribution in [1.82, 2.24) is 9.97 Å². The van der Waals surface area contributed by atoms with Crippen molar-refractivity contribution in [3.63, 3.8) is 0 Å². The summed E-state index contributed by atoms with van der Waals surface area (Å²) in [6.07, 6.45) is 3.15. The summed E-state index contributed by atoms with van der Waals surface area (Å²) in [7, 11) is 0. The van der Waals surface area contributed by atoms with Gasteiger partial charge in [0.1, 0.15) is 5.75 Å². The molecule has 0 saturated heterocycles. The number of H-pyrrole nitrogens is 1. The van der Waals surface area contributed by atoms with Crippen LogP contribution in [0.2, 0.25) is 0 Å². The molecule has 0 aliphatic carbocycles. The summed E-state index contributed by atoms with van der Waals surface area (Å²) in [6.45, 7) is 0. The van der Waals surface area contributed by atoms with Gasteiger partial charge in [0.2, 0.25) is 5.95 Å². The summed E-state index contributed by atoms with van der Waals surface area (Å²) < 4.78 is 0.701. The van der Waals surface area contributed by atoms with E-state index >= 15 is 0 Å². The molecule has 0 bridgehead atoms. The third-order valence-electron chi connectivity index (χ3n) is 1.94. The highest BCUT2D eigenvalue weighted by Gasteiger charge is 2.09. The average molecular weight is 329 g/mol. The van der Waals surface area contributed by atoms with Crippen molar-refractivity contribution in [2.75, 3.05) is 5.32 Å². The largest absolute Gasteiger partial charge is 0.507 e. The normalized spacial score (nSPS) is 10.1. The molecule has 0 aliphatic heterocycles. The van der Waals surface area contributed by atoms with Crippen LogP contribution in [-0.2, 0) is 0 Å². The average Bonchev–Trinajstić information content (AvgIpc) is 2.74. The number of carbonyl (C=O) groups is 1. The van der Waals surface area contributed by atoms with Crippen molar-refractivity contribution < 1.29 is 9.90 Å². The number of imidazole rings is 1. The Kier molecular flexibility index (Phi) is 3.09. The quantitative estimate of drug-likeness (QED) is 0.737. The minimum Gasteiger partial charge on any atom is -0.507 e. The molecule has 0 unspecified atom stereocenters. The minimum absolute atomic E-state index is 0.0905. The maximum atomic E-state index is 11.7.